The van der Waals surface area contributed by atoms with Gasteiger partial charge in [-0.3, -0.25) is 4.79 Å². The molecule has 1 fully saturated rings. The Morgan fingerprint density at radius 3 is 3.03 bits per heavy atom. The first-order valence-corrected chi connectivity index (χ1v) is 10.8. The van der Waals surface area contributed by atoms with Crippen LogP contribution in [0.2, 0.25) is 0 Å². The van der Waals surface area contributed by atoms with E-state index in [1.165, 1.54) is 0 Å². The average molecular weight is 421 g/mol. The first-order valence-electron chi connectivity index (χ1n) is 9.85. The lowest BCUT2D eigenvalue weighted by Gasteiger charge is -2.32. The van der Waals surface area contributed by atoms with Crippen molar-refractivity contribution < 1.29 is 13.7 Å². The van der Waals surface area contributed by atoms with Crippen LogP contribution in [0.5, 0.6) is 0 Å². The fourth-order valence-corrected chi connectivity index (χ4v) is 4.53. The number of rotatable bonds is 4. The molecule has 5 rings (SSSR count). The number of aromatic nitrogens is 2. The summed E-state index contributed by atoms with van der Waals surface area (Å²) in [6.45, 7) is 1.16. The molecule has 1 amide bonds. The van der Waals surface area contributed by atoms with E-state index < -0.39 is 5.63 Å². The van der Waals surface area contributed by atoms with Gasteiger partial charge in [-0.15, -0.1) is 0 Å². The van der Waals surface area contributed by atoms with Crippen molar-refractivity contribution in [3.63, 3.8) is 0 Å². The van der Waals surface area contributed by atoms with Gasteiger partial charge >= 0.3 is 5.63 Å². The predicted octanol–water partition coefficient (Wildman–Crippen LogP) is 4.00. The van der Waals surface area contributed by atoms with E-state index in [4.69, 9.17) is 8.94 Å². The number of carbonyl (C=O) groups excluding carboxylic acids is 1. The van der Waals surface area contributed by atoms with Crippen molar-refractivity contribution in [3.8, 4) is 11.4 Å². The number of nitrogens with zero attached hydrogens (tertiary/aromatic N) is 3. The first kappa shape index (κ1) is 18.7. The molecular formula is C22H19N3O4S. The molecule has 1 aliphatic rings. The quantitative estimate of drug-likeness (QED) is 0.463. The van der Waals surface area contributed by atoms with E-state index in [1.807, 2.05) is 29.0 Å². The van der Waals surface area contributed by atoms with Gasteiger partial charge in [0.25, 0.3) is 5.91 Å². The summed E-state index contributed by atoms with van der Waals surface area (Å²) in [6, 6.07) is 10.8. The molecule has 0 aliphatic carbocycles. The molecule has 0 bridgehead atoms. The number of amides is 1. The molecule has 152 valence electrons. The van der Waals surface area contributed by atoms with Gasteiger partial charge in [0, 0.05) is 35.8 Å². The Balaban J connectivity index is 1.31. The number of carbonyl (C=O) groups is 1. The molecule has 0 N–H and O–H groups in total. The van der Waals surface area contributed by atoms with Crippen LogP contribution in [-0.4, -0.2) is 34.0 Å². The zero-order valence-electron chi connectivity index (χ0n) is 16.1. The van der Waals surface area contributed by atoms with Crippen LogP contribution in [0.25, 0.3) is 22.4 Å². The van der Waals surface area contributed by atoms with Crippen LogP contribution in [0.1, 0.15) is 29.1 Å². The summed E-state index contributed by atoms with van der Waals surface area (Å²) in [5.41, 5.74) is 0.900. The van der Waals surface area contributed by atoms with Crippen molar-refractivity contribution in [1.29, 1.82) is 0 Å². The van der Waals surface area contributed by atoms with Crippen molar-refractivity contribution >= 4 is 28.2 Å². The Hall–Kier alpha value is -3.26. The Labute approximate surface area is 175 Å². The maximum absolute atomic E-state index is 13.0. The number of fused-ring (bicyclic) bond motifs is 1. The molecule has 4 aromatic rings. The molecule has 1 aromatic carbocycles. The maximum atomic E-state index is 13.0. The number of hydrogen-bond donors (Lipinski definition) is 0. The van der Waals surface area contributed by atoms with Gasteiger partial charge in [-0.2, -0.15) is 16.3 Å². The summed E-state index contributed by atoms with van der Waals surface area (Å²) in [4.78, 5) is 31.6. The number of thiophene rings is 1. The molecule has 0 spiro atoms. The van der Waals surface area contributed by atoms with E-state index in [1.54, 1.807) is 34.4 Å². The van der Waals surface area contributed by atoms with Gasteiger partial charge in [0.2, 0.25) is 11.7 Å². The predicted molar refractivity (Wildman–Crippen MR) is 112 cm³/mol. The number of para-hydroxylation sites is 1. The molecule has 4 heterocycles. The van der Waals surface area contributed by atoms with Gasteiger partial charge < -0.3 is 13.8 Å². The van der Waals surface area contributed by atoms with Crippen molar-refractivity contribution in [2.45, 2.75) is 19.3 Å². The highest BCUT2D eigenvalue weighted by atomic mass is 32.1. The Morgan fingerprint density at radius 2 is 2.17 bits per heavy atom. The summed E-state index contributed by atoms with van der Waals surface area (Å²) in [6.07, 6.45) is 2.43. The molecular weight excluding hydrogens is 402 g/mol. The Morgan fingerprint density at radius 1 is 1.27 bits per heavy atom. The van der Waals surface area contributed by atoms with E-state index >= 15 is 0 Å². The second-order valence-electron chi connectivity index (χ2n) is 7.47. The van der Waals surface area contributed by atoms with Crippen molar-refractivity contribution in [3.05, 3.63) is 69.0 Å². The van der Waals surface area contributed by atoms with E-state index in [0.29, 0.717) is 36.8 Å². The fourth-order valence-electron chi connectivity index (χ4n) is 3.89. The maximum Gasteiger partial charge on any atom is 0.349 e. The molecule has 30 heavy (non-hydrogen) atoms. The standard InChI is InChI=1S/C22H19N3O4S/c26-21(17-11-15-5-1-2-6-18(15)28-22(17)27)25-8-3-4-14(12-25)10-19-23-20(24-29-19)16-7-9-30-13-16/h1-2,5-7,9,11,13-14H,3-4,8,10,12H2/t14-/m1/s1. The third-order valence-corrected chi connectivity index (χ3v) is 6.07. The second-order valence-corrected chi connectivity index (χ2v) is 8.25. The summed E-state index contributed by atoms with van der Waals surface area (Å²) < 4.78 is 10.7. The van der Waals surface area contributed by atoms with E-state index in [-0.39, 0.29) is 17.4 Å². The molecule has 8 heteroatoms. The Bertz CT molecular complexity index is 1240. The van der Waals surface area contributed by atoms with Crippen LogP contribution in [0.4, 0.5) is 0 Å². The lowest BCUT2D eigenvalue weighted by molar-refractivity contribution is 0.0664. The minimum Gasteiger partial charge on any atom is -0.422 e. The molecule has 7 nitrogen and oxygen atoms in total. The fraction of sp³-hybridized carbons (Fsp3) is 0.273. The zero-order valence-corrected chi connectivity index (χ0v) is 16.9. The average Bonchev–Trinajstić information content (AvgIpc) is 3.45. The van der Waals surface area contributed by atoms with Crippen LogP contribution in [0, 0.1) is 5.92 Å². The van der Waals surface area contributed by atoms with Crippen molar-refractivity contribution in [1.82, 2.24) is 15.0 Å². The van der Waals surface area contributed by atoms with E-state index in [0.717, 1.165) is 23.8 Å². The lowest BCUT2D eigenvalue weighted by Crippen LogP contribution is -2.42. The van der Waals surface area contributed by atoms with E-state index in [9.17, 15) is 9.59 Å². The summed E-state index contributed by atoms with van der Waals surface area (Å²) in [5, 5.41) is 8.74. The third-order valence-electron chi connectivity index (χ3n) is 5.39. The van der Waals surface area contributed by atoms with E-state index in [2.05, 4.69) is 10.1 Å². The van der Waals surface area contributed by atoms with Crippen molar-refractivity contribution in [2.24, 2.45) is 5.92 Å². The smallest absolute Gasteiger partial charge is 0.349 e. The number of piperidine rings is 1. The van der Waals surface area contributed by atoms with Crippen LogP contribution >= 0.6 is 11.3 Å². The third kappa shape index (κ3) is 3.66. The van der Waals surface area contributed by atoms with Crippen LogP contribution < -0.4 is 5.63 Å². The molecule has 1 atom stereocenters. The normalized spacial score (nSPS) is 16.8. The number of hydrogen-bond acceptors (Lipinski definition) is 7. The lowest BCUT2D eigenvalue weighted by atomic mass is 9.94. The molecule has 0 unspecified atom stereocenters. The minimum atomic E-state index is -0.599. The van der Waals surface area contributed by atoms with Gasteiger partial charge in [-0.1, -0.05) is 23.4 Å². The van der Waals surface area contributed by atoms with Gasteiger partial charge in [0.1, 0.15) is 11.1 Å². The minimum absolute atomic E-state index is 0.0758. The highest BCUT2D eigenvalue weighted by Gasteiger charge is 2.28. The SMILES string of the molecule is O=C(c1cc2ccccc2oc1=O)N1CCC[C@H](Cc2nc(-c3ccsc3)no2)C1. The van der Waals surface area contributed by atoms with Gasteiger partial charge in [0.05, 0.1) is 0 Å². The number of benzene rings is 1. The van der Waals surface area contributed by atoms with Crippen molar-refractivity contribution in [2.75, 3.05) is 13.1 Å². The summed E-state index contributed by atoms with van der Waals surface area (Å²) >= 11 is 1.58. The monoisotopic (exact) mass is 421 g/mol. The number of likely N-dealkylation sites (tertiary alicyclic amines) is 1. The largest absolute Gasteiger partial charge is 0.422 e. The first-order chi connectivity index (χ1) is 14.7. The summed E-state index contributed by atoms with van der Waals surface area (Å²) in [7, 11) is 0. The molecule has 0 saturated carbocycles. The van der Waals surface area contributed by atoms with Gasteiger partial charge in [-0.05, 0) is 42.3 Å². The topological polar surface area (TPSA) is 89.4 Å². The highest BCUT2D eigenvalue weighted by Crippen LogP contribution is 2.24. The molecule has 1 saturated heterocycles. The second kappa shape index (κ2) is 7.87. The Kier molecular flexibility index (Phi) is 4.92. The molecule has 3 aromatic heterocycles. The van der Waals surface area contributed by atoms with Gasteiger partial charge in [0.15, 0.2) is 0 Å². The summed E-state index contributed by atoms with van der Waals surface area (Å²) in [5.74, 6) is 1.07. The zero-order chi connectivity index (χ0) is 20.5. The molecule has 0 radical (unpaired) electrons. The van der Waals surface area contributed by atoms with Crippen LogP contribution in [0.15, 0.2) is 60.9 Å². The highest BCUT2D eigenvalue weighted by molar-refractivity contribution is 7.08. The van der Waals surface area contributed by atoms with Gasteiger partial charge in [-0.25, -0.2) is 4.79 Å². The van der Waals surface area contributed by atoms with Crippen LogP contribution in [0.3, 0.4) is 0 Å². The molecule has 1 aliphatic heterocycles. The van der Waals surface area contributed by atoms with Crippen LogP contribution in [-0.2, 0) is 6.42 Å².